The Morgan fingerprint density at radius 1 is 0.903 bits per heavy atom. The van der Waals surface area contributed by atoms with Gasteiger partial charge in [-0.05, 0) is 98.7 Å². The Hall–Kier alpha value is -0.200. The summed E-state index contributed by atoms with van der Waals surface area (Å²) in [7, 11) is 0. The van der Waals surface area contributed by atoms with Gasteiger partial charge in [-0.15, -0.1) is 0 Å². The molecule has 1 heterocycles. The van der Waals surface area contributed by atoms with E-state index < -0.39 is 5.60 Å². The van der Waals surface area contributed by atoms with Gasteiger partial charge in [0.1, 0.15) is 0 Å². The smallest absolute Gasteiger partial charge is 0.180 e. The van der Waals surface area contributed by atoms with E-state index in [-0.39, 0.29) is 28.8 Å². The molecule has 0 aromatic carbocycles. The molecule has 176 valence electrons. The van der Waals surface area contributed by atoms with Crippen molar-refractivity contribution in [2.24, 2.45) is 40.4 Å². The molecule has 2 N–H and O–H groups in total. The lowest BCUT2D eigenvalue weighted by atomic mass is 9.43. The molecule has 1 aliphatic heterocycles. The second kappa shape index (κ2) is 6.91. The minimum Gasteiger partial charge on any atom is -0.393 e. The van der Waals surface area contributed by atoms with E-state index in [1.165, 1.54) is 19.3 Å². The molecule has 0 radical (unpaired) electrons. The predicted octanol–water partition coefficient (Wildman–Crippen LogP) is 3.90. The molecular weight excluding hydrogens is 392 g/mol. The molecule has 0 bridgehead atoms. The summed E-state index contributed by atoms with van der Waals surface area (Å²) in [5, 5.41) is 22.3. The summed E-state index contributed by atoms with van der Waals surface area (Å²) < 4.78 is 18.2. The first-order valence-electron chi connectivity index (χ1n) is 13.0. The van der Waals surface area contributed by atoms with Crippen molar-refractivity contribution in [3.8, 4) is 0 Å². The first-order chi connectivity index (χ1) is 14.7. The van der Waals surface area contributed by atoms with E-state index in [9.17, 15) is 10.2 Å². The van der Waals surface area contributed by atoms with Gasteiger partial charge in [-0.2, -0.15) is 0 Å². The lowest BCUT2D eigenvalue weighted by molar-refractivity contribution is -0.250. The van der Waals surface area contributed by atoms with Gasteiger partial charge in [0.05, 0.1) is 37.1 Å². The van der Waals surface area contributed by atoms with Crippen molar-refractivity contribution >= 4 is 0 Å². The number of aliphatic hydroxyl groups is 2. The van der Waals surface area contributed by atoms with Crippen molar-refractivity contribution in [3.05, 3.63) is 0 Å². The number of rotatable bonds is 3. The fourth-order valence-corrected chi connectivity index (χ4v) is 9.53. The van der Waals surface area contributed by atoms with E-state index in [4.69, 9.17) is 14.2 Å². The molecule has 5 nitrogen and oxygen atoms in total. The van der Waals surface area contributed by atoms with Gasteiger partial charge in [0, 0.05) is 6.42 Å². The van der Waals surface area contributed by atoms with Crippen LogP contribution in [0.3, 0.4) is 0 Å². The molecular formula is C26H42O5. The van der Waals surface area contributed by atoms with E-state index in [2.05, 4.69) is 20.8 Å². The average Bonchev–Trinajstić information content (AvgIpc) is 3.51. The van der Waals surface area contributed by atoms with Crippen LogP contribution in [-0.4, -0.2) is 53.6 Å². The van der Waals surface area contributed by atoms with Gasteiger partial charge in [-0.3, -0.25) is 0 Å². The van der Waals surface area contributed by atoms with Gasteiger partial charge >= 0.3 is 0 Å². The summed E-state index contributed by atoms with van der Waals surface area (Å²) in [4.78, 5) is 0. The Labute approximate surface area is 187 Å². The maximum atomic E-state index is 11.9. The van der Waals surface area contributed by atoms with E-state index in [0.29, 0.717) is 42.6 Å². The van der Waals surface area contributed by atoms with Crippen LogP contribution in [0.1, 0.15) is 78.6 Å². The third kappa shape index (κ3) is 2.79. The third-order valence-corrected chi connectivity index (χ3v) is 11.6. The highest BCUT2D eigenvalue weighted by molar-refractivity contribution is 5.24. The van der Waals surface area contributed by atoms with Gasteiger partial charge in [0.15, 0.2) is 6.29 Å². The molecule has 0 aromatic heterocycles. The molecule has 0 amide bonds. The standard InChI is InChI=1S/C26H42O5/c1-23-9-6-19-22(17-13-20(17)26(28)14-16(27)5-8-24(19,26)2)18(23)7-10-25(23,3)31-15-21-29-11-4-12-30-21/h16-22,27-28H,4-15H2,1-3H3/t16?,17-,18?,19?,20+,22?,23-,24+,25-,26?/m0/s1. The van der Waals surface area contributed by atoms with Crippen LogP contribution < -0.4 is 0 Å². The maximum absolute atomic E-state index is 11.9. The van der Waals surface area contributed by atoms with Crippen LogP contribution in [0.4, 0.5) is 0 Å². The second-order valence-corrected chi connectivity index (χ2v) is 12.6. The highest BCUT2D eigenvalue weighted by Crippen LogP contribution is 2.77. The van der Waals surface area contributed by atoms with E-state index in [1.807, 2.05) is 0 Å². The Morgan fingerprint density at radius 2 is 1.58 bits per heavy atom. The summed E-state index contributed by atoms with van der Waals surface area (Å²) in [5.74, 6) is 3.00. The second-order valence-electron chi connectivity index (χ2n) is 12.6. The summed E-state index contributed by atoms with van der Waals surface area (Å²) in [5.41, 5.74) is -0.650. The van der Waals surface area contributed by atoms with Crippen LogP contribution in [0.25, 0.3) is 0 Å². The molecule has 6 rings (SSSR count). The van der Waals surface area contributed by atoms with Crippen molar-refractivity contribution in [2.45, 2.75) is 102 Å². The van der Waals surface area contributed by atoms with E-state index in [0.717, 1.165) is 45.3 Å². The van der Waals surface area contributed by atoms with E-state index >= 15 is 0 Å². The molecule has 5 unspecified atom stereocenters. The zero-order valence-corrected chi connectivity index (χ0v) is 19.6. The largest absolute Gasteiger partial charge is 0.393 e. The number of aliphatic hydroxyl groups excluding tert-OH is 1. The van der Waals surface area contributed by atoms with Crippen molar-refractivity contribution < 1.29 is 24.4 Å². The Kier molecular flexibility index (Phi) is 4.76. The monoisotopic (exact) mass is 434 g/mol. The number of hydrogen-bond acceptors (Lipinski definition) is 5. The Balaban J connectivity index is 1.25. The van der Waals surface area contributed by atoms with Crippen molar-refractivity contribution in [2.75, 3.05) is 19.8 Å². The molecule has 5 saturated carbocycles. The van der Waals surface area contributed by atoms with Gasteiger partial charge in [0.2, 0.25) is 0 Å². The maximum Gasteiger partial charge on any atom is 0.180 e. The molecule has 31 heavy (non-hydrogen) atoms. The topological polar surface area (TPSA) is 68.2 Å². The molecule has 5 heteroatoms. The first kappa shape index (κ1) is 21.3. The van der Waals surface area contributed by atoms with Gasteiger partial charge in [-0.25, -0.2) is 0 Å². The summed E-state index contributed by atoms with van der Waals surface area (Å²) in [6.07, 6.45) is 8.73. The summed E-state index contributed by atoms with van der Waals surface area (Å²) in [6.45, 7) is 9.29. The number of hydrogen-bond donors (Lipinski definition) is 2. The molecule has 0 spiro atoms. The fraction of sp³-hybridized carbons (Fsp3) is 1.00. The van der Waals surface area contributed by atoms with Crippen LogP contribution in [0, 0.1) is 40.4 Å². The predicted molar refractivity (Wildman–Crippen MR) is 116 cm³/mol. The fourth-order valence-electron chi connectivity index (χ4n) is 9.53. The highest BCUT2D eigenvalue weighted by atomic mass is 16.7. The third-order valence-electron chi connectivity index (χ3n) is 11.6. The lowest BCUT2D eigenvalue weighted by Gasteiger charge is -2.64. The lowest BCUT2D eigenvalue weighted by Crippen LogP contribution is -2.65. The first-order valence-corrected chi connectivity index (χ1v) is 13.0. The zero-order valence-electron chi connectivity index (χ0n) is 19.6. The quantitative estimate of drug-likeness (QED) is 0.705. The van der Waals surface area contributed by atoms with Crippen LogP contribution >= 0.6 is 0 Å². The van der Waals surface area contributed by atoms with Crippen LogP contribution in [0.2, 0.25) is 0 Å². The van der Waals surface area contributed by atoms with E-state index in [1.54, 1.807) is 0 Å². The van der Waals surface area contributed by atoms with Crippen molar-refractivity contribution in [1.82, 2.24) is 0 Å². The normalized spacial score (nSPS) is 58.7. The summed E-state index contributed by atoms with van der Waals surface area (Å²) in [6, 6.07) is 0. The molecule has 0 aromatic rings. The average molecular weight is 435 g/mol. The molecule has 1 saturated heterocycles. The van der Waals surface area contributed by atoms with Crippen molar-refractivity contribution in [3.63, 3.8) is 0 Å². The molecule has 6 fully saturated rings. The van der Waals surface area contributed by atoms with Crippen molar-refractivity contribution in [1.29, 1.82) is 0 Å². The van der Waals surface area contributed by atoms with Gasteiger partial charge in [0.25, 0.3) is 0 Å². The highest BCUT2D eigenvalue weighted by Gasteiger charge is 2.75. The molecule has 10 atom stereocenters. The Bertz CT molecular complexity index is 723. The minimum atomic E-state index is -0.654. The Morgan fingerprint density at radius 3 is 2.35 bits per heavy atom. The summed E-state index contributed by atoms with van der Waals surface area (Å²) >= 11 is 0. The zero-order chi connectivity index (χ0) is 21.6. The molecule has 5 aliphatic carbocycles. The van der Waals surface area contributed by atoms with Gasteiger partial charge in [-0.1, -0.05) is 13.8 Å². The number of ether oxygens (including phenoxy) is 3. The SMILES string of the molecule is C[C@]12CCC3C(C1CC[C@]2(C)OCC1OCCCO1)[C@H]1C[C@H]1C1(O)CC(O)CC[C@]31C. The molecule has 6 aliphatic rings. The van der Waals surface area contributed by atoms with Crippen LogP contribution in [0.15, 0.2) is 0 Å². The minimum absolute atomic E-state index is 0.0421. The van der Waals surface area contributed by atoms with Crippen LogP contribution in [0.5, 0.6) is 0 Å². The van der Waals surface area contributed by atoms with Gasteiger partial charge < -0.3 is 24.4 Å². The van der Waals surface area contributed by atoms with Crippen LogP contribution in [-0.2, 0) is 14.2 Å². The number of fused-ring (bicyclic) bond motifs is 8.